The van der Waals surface area contributed by atoms with Crippen LogP contribution >= 0.6 is 0 Å². The Morgan fingerprint density at radius 1 is 1.24 bits per heavy atom. The molecule has 0 saturated heterocycles. The van der Waals surface area contributed by atoms with Crippen molar-refractivity contribution in [1.82, 2.24) is 25.5 Å². The predicted octanol–water partition coefficient (Wildman–Crippen LogP) is 0.389. The van der Waals surface area contributed by atoms with Gasteiger partial charge in [0.1, 0.15) is 19.1 Å². The van der Waals surface area contributed by atoms with Crippen molar-refractivity contribution in [2.45, 2.75) is 13.0 Å². The van der Waals surface area contributed by atoms with Crippen LogP contribution in [0.4, 0.5) is 0 Å². The fourth-order valence-corrected chi connectivity index (χ4v) is 2.29. The molecule has 0 saturated carbocycles. The number of hydrogen-bond acceptors (Lipinski definition) is 6. The number of carbonyl (C=O) groups excluding carboxylic acids is 1. The summed E-state index contributed by atoms with van der Waals surface area (Å²) in [6, 6.07) is 11.0. The van der Waals surface area contributed by atoms with Gasteiger partial charge in [0.15, 0.2) is 5.82 Å². The van der Waals surface area contributed by atoms with Gasteiger partial charge in [-0.3, -0.25) is 4.79 Å². The Labute approximate surface area is 145 Å². The zero-order valence-corrected chi connectivity index (χ0v) is 13.8. The van der Waals surface area contributed by atoms with Gasteiger partial charge in [-0.2, -0.15) is 10.1 Å². The van der Waals surface area contributed by atoms with Gasteiger partial charge in [-0.25, -0.2) is 4.98 Å². The lowest BCUT2D eigenvalue weighted by Gasteiger charge is -2.15. The van der Waals surface area contributed by atoms with E-state index in [9.17, 15) is 9.90 Å². The van der Waals surface area contributed by atoms with Crippen LogP contribution in [0.2, 0.25) is 0 Å². The van der Waals surface area contributed by atoms with E-state index in [0.717, 1.165) is 11.0 Å². The standard InChI is InChI=1S/C17H16BN5O2/c1-10(11-4-6-12(18)7-5-11)21-16(24)13-9-19-15(22-17(13)25)14-3-2-8-20-23-14/h2-10H,18H2,1H3,(H,21,24)(H,19,22,25)/t10-/m0/s1. The first kappa shape index (κ1) is 16.6. The molecule has 2 N–H and O–H groups in total. The van der Waals surface area contributed by atoms with E-state index < -0.39 is 11.8 Å². The molecule has 0 aliphatic carbocycles. The number of benzene rings is 1. The third-order valence-corrected chi connectivity index (χ3v) is 3.74. The van der Waals surface area contributed by atoms with Crippen LogP contribution in [-0.4, -0.2) is 39.0 Å². The average molecular weight is 333 g/mol. The van der Waals surface area contributed by atoms with Crippen molar-refractivity contribution < 1.29 is 9.90 Å². The largest absolute Gasteiger partial charge is 0.493 e. The van der Waals surface area contributed by atoms with Gasteiger partial charge in [0.05, 0.1) is 6.04 Å². The summed E-state index contributed by atoms with van der Waals surface area (Å²) < 4.78 is 0. The maximum atomic E-state index is 12.4. The first-order valence-corrected chi connectivity index (χ1v) is 7.76. The quantitative estimate of drug-likeness (QED) is 0.670. The van der Waals surface area contributed by atoms with Crippen molar-refractivity contribution in [2.24, 2.45) is 0 Å². The molecule has 1 aromatic carbocycles. The van der Waals surface area contributed by atoms with Gasteiger partial charge < -0.3 is 10.4 Å². The van der Waals surface area contributed by atoms with Crippen LogP contribution in [0.3, 0.4) is 0 Å². The maximum Gasteiger partial charge on any atom is 0.258 e. The molecule has 8 heteroatoms. The monoisotopic (exact) mass is 333 g/mol. The number of nitrogens with one attached hydrogen (secondary N) is 1. The van der Waals surface area contributed by atoms with E-state index in [1.165, 1.54) is 12.4 Å². The molecule has 1 atom stereocenters. The summed E-state index contributed by atoms with van der Waals surface area (Å²) in [5.74, 6) is -0.644. The van der Waals surface area contributed by atoms with Gasteiger partial charge >= 0.3 is 0 Å². The highest BCUT2D eigenvalue weighted by molar-refractivity contribution is 6.32. The van der Waals surface area contributed by atoms with Gasteiger partial charge in [0.25, 0.3) is 5.91 Å². The van der Waals surface area contributed by atoms with Gasteiger partial charge in [-0.1, -0.05) is 29.7 Å². The van der Waals surface area contributed by atoms with Gasteiger partial charge in [0.2, 0.25) is 5.88 Å². The third kappa shape index (κ3) is 3.80. The lowest BCUT2D eigenvalue weighted by molar-refractivity contribution is 0.0936. The molecule has 3 rings (SSSR count). The lowest BCUT2D eigenvalue weighted by atomic mass is 9.94. The SMILES string of the molecule is Bc1ccc([C@H](C)NC(=O)c2cnc(-c3cccnn3)nc2O)cc1. The highest BCUT2D eigenvalue weighted by Gasteiger charge is 2.18. The molecule has 25 heavy (non-hydrogen) atoms. The summed E-state index contributed by atoms with van der Waals surface area (Å²) in [7, 11) is 2.00. The normalized spacial score (nSPS) is 11.7. The molecular formula is C17H16BN5O2. The lowest BCUT2D eigenvalue weighted by Crippen LogP contribution is -2.27. The number of amides is 1. The Balaban J connectivity index is 1.77. The summed E-state index contributed by atoms with van der Waals surface area (Å²) in [5, 5.41) is 20.5. The second-order valence-electron chi connectivity index (χ2n) is 5.65. The van der Waals surface area contributed by atoms with Crippen LogP contribution in [-0.2, 0) is 0 Å². The molecule has 1 amide bonds. The molecule has 0 radical (unpaired) electrons. The maximum absolute atomic E-state index is 12.4. The summed E-state index contributed by atoms with van der Waals surface area (Å²) in [6.45, 7) is 1.87. The number of hydrogen-bond donors (Lipinski definition) is 2. The number of nitrogens with zero attached hydrogens (tertiary/aromatic N) is 4. The molecule has 0 spiro atoms. The topological polar surface area (TPSA) is 101 Å². The molecule has 2 heterocycles. The minimum atomic E-state index is -0.448. The van der Waals surface area contributed by atoms with Crippen molar-refractivity contribution in [3.8, 4) is 17.4 Å². The van der Waals surface area contributed by atoms with Crippen molar-refractivity contribution in [3.05, 3.63) is 59.9 Å². The molecule has 0 fully saturated rings. The van der Waals surface area contributed by atoms with Crippen molar-refractivity contribution >= 4 is 19.2 Å². The second kappa shape index (κ2) is 7.08. The van der Waals surface area contributed by atoms with E-state index in [-0.39, 0.29) is 17.4 Å². The Morgan fingerprint density at radius 2 is 2.00 bits per heavy atom. The number of aromatic hydroxyl groups is 1. The van der Waals surface area contributed by atoms with Crippen LogP contribution in [0.25, 0.3) is 11.5 Å². The van der Waals surface area contributed by atoms with E-state index in [1.807, 2.05) is 39.0 Å². The molecule has 124 valence electrons. The smallest absolute Gasteiger partial charge is 0.258 e. The van der Waals surface area contributed by atoms with E-state index >= 15 is 0 Å². The molecule has 0 aliphatic rings. The minimum Gasteiger partial charge on any atom is -0.493 e. The first-order chi connectivity index (χ1) is 12.0. The van der Waals surface area contributed by atoms with E-state index in [0.29, 0.717) is 5.69 Å². The van der Waals surface area contributed by atoms with Gasteiger partial charge in [0, 0.05) is 12.4 Å². The molecule has 0 unspecified atom stereocenters. The summed E-state index contributed by atoms with van der Waals surface area (Å²) in [4.78, 5) is 20.4. The minimum absolute atomic E-state index is 0.00611. The van der Waals surface area contributed by atoms with E-state index in [4.69, 9.17) is 0 Å². The number of aromatic nitrogens is 4. The zero-order valence-electron chi connectivity index (χ0n) is 13.8. The fraction of sp³-hybridized carbons (Fsp3) is 0.118. The van der Waals surface area contributed by atoms with Crippen molar-refractivity contribution in [2.75, 3.05) is 0 Å². The van der Waals surface area contributed by atoms with Crippen molar-refractivity contribution in [3.63, 3.8) is 0 Å². The second-order valence-corrected chi connectivity index (χ2v) is 5.65. The third-order valence-electron chi connectivity index (χ3n) is 3.74. The van der Waals surface area contributed by atoms with Crippen molar-refractivity contribution in [1.29, 1.82) is 0 Å². The molecule has 3 aromatic rings. The van der Waals surface area contributed by atoms with Gasteiger partial charge in [-0.15, -0.1) is 5.10 Å². The Bertz CT molecular complexity index is 887. The first-order valence-electron chi connectivity index (χ1n) is 7.76. The highest BCUT2D eigenvalue weighted by Crippen LogP contribution is 2.19. The molecule has 0 aliphatic heterocycles. The number of carbonyl (C=O) groups is 1. The molecular weight excluding hydrogens is 317 g/mol. The predicted molar refractivity (Wildman–Crippen MR) is 95.2 cm³/mol. The Hall–Kier alpha value is -3.29. The highest BCUT2D eigenvalue weighted by atomic mass is 16.3. The molecule has 7 nitrogen and oxygen atoms in total. The Morgan fingerprint density at radius 3 is 2.64 bits per heavy atom. The molecule has 2 aromatic heterocycles. The fourth-order valence-electron chi connectivity index (χ4n) is 2.29. The Kier molecular flexibility index (Phi) is 4.69. The zero-order chi connectivity index (χ0) is 17.8. The summed E-state index contributed by atoms with van der Waals surface area (Å²) in [5.41, 5.74) is 2.54. The average Bonchev–Trinajstić information content (AvgIpc) is 2.62. The van der Waals surface area contributed by atoms with Crippen LogP contribution < -0.4 is 10.8 Å². The van der Waals surface area contributed by atoms with Crippen LogP contribution in [0.1, 0.15) is 28.9 Å². The van der Waals surface area contributed by atoms with E-state index in [1.54, 1.807) is 12.1 Å². The number of rotatable bonds is 4. The van der Waals surface area contributed by atoms with Gasteiger partial charge in [-0.05, 0) is 24.6 Å². The van der Waals surface area contributed by atoms with Crippen LogP contribution in [0.15, 0.2) is 48.8 Å². The molecule has 0 bridgehead atoms. The van der Waals surface area contributed by atoms with Crippen LogP contribution in [0, 0.1) is 0 Å². The van der Waals surface area contributed by atoms with Crippen LogP contribution in [0.5, 0.6) is 5.88 Å². The summed E-state index contributed by atoms with van der Waals surface area (Å²) >= 11 is 0. The van der Waals surface area contributed by atoms with E-state index in [2.05, 4.69) is 25.5 Å². The summed E-state index contributed by atoms with van der Waals surface area (Å²) in [6.07, 6.45) is 2.81.